The van der Waals surface area contributed by atoms with Gasteiger partial charge < -0.3 is 20.0 Å². The van der Waals surface area contributed by atoms with Crippen LogP contribution in [-0.4, -0.2) is 60.2 Å². The quantitative estimate of drug-likeness (QED) is 0.458. The van der Waals surface area contributed by atoms with Gasteiger partial charge in [-0.15, -0.1) is 0 Å². The Morgan fingerprint density at radius 3 is 2.08 bits per heavy atom. The maximum atomic E-state index is 13.3. The molecule has 0 bridgehead atoms. The van der Waals surface area contributed by atoms with E-state index >= 15 is 0 Å². The van der Waals surface area contributed by atoms with Crippen molar-refractivity contribution in [1.29, 1.82) is 0 Å². The maximum absolute atomic E-state index is 13.3. The number of carbonyl (C=O) groups is 3. The van der Waals surface area contributed by atoms with Crippen LogP contribution in [0.15, 0.2) is 72.8 Å². The molecule has 204 valence electrons. The first-order valence-electron chi connectivity index (χ1n) is 13.2. The monoisotopic (exact) mass is 530 g/mol. The average Bonchev–Trinajstić information content (AvgIpc) is 2.94. The van der Waals surface area contributed by atoms with Gasteiger partial charge in [-0.25, -0.2) is 4.39 Å². The number of anilines is 2. The van der Waals surface area contributed by atoms with Gasteiger partial charge in [-0.1, -0.05) is 43.7 Å². The molecule has 1 aliphatic rings. The molecule has 3 amide bonds. The average molecular weight is 531 g/mol. The number of amides is 3. The molecule has 0 aromatic heterocycles. The fourth-order valence-corrected chi connectivity index (χ4v) is 4.56. The summed E-state index contributed by atoms with van der Waals surface area (Å²) in [5.74, 6) is -1.02. The zero-order valence-electron chi connectivity index (χ0n) is 22.7. The molecule has 0 saturated carbocycles. The number of hydrogen-bond donors (Lipinski definition) is 1. The fraction of sp³-hybridized carbons (Fsp3) is 0.323. The summed E-state index contributed by atoms with van der Waals surface area (Å²) in [7, 11) is 0. The Bertz CT molecular complexity index is 1280. The van der Waals surface area contributed by atoms with Crippen molar-refractivity contribution in [3.8, 4) is 0 Å². The molecule has 39 heavy (non-hydrogen) atoms. The van der Waals surface area contributed by atoms with Gasteiger partial charge in [-0.3, -0.25) is 14.4 Å². The van der Waals surface area contributed by atoms with Crippen LogP contribution in [0.5, 0.6) is 0 Å². The predicted octanol–water partition coefficient (Wildman–Crippen LogP) is 4.72. The van der Waals surface area contributed by atoms with Gasteiger partial charge in [0.2, 0.25) is 11.8 Å². The van der Waals surface area contributed by atoms with Crippen LogP contribution in [0.3, 0.4) is 0 Å². The van der Waals surface area contributed by atoms with Gasteiger partial charge >= 0.3 is 0 Å². The predicted molar refractivity (Wildman–Crippen MR) is 151 cm³/mol. The molecule has 1 saturated heterocycles. The number of piperazine rings is 1. The van der Waals surface area contributed by atoms with Crippen LogP contribution in [0.25, 0.3) is 0 Å². The molecular weight excluding hydrogens is 495 g/mol. The second-order valence-corrected chi connectivity index (χ2v) is 10.2. The lowest BCUT2D eigenvalue weighted by Crippen LogP contribution is -2.48. The number of halogens is 1. The number of nitrogens with one attached hydrogen (secondary N) is 1. The topological polar surface area (TPSA) is 73.0 Å². The van der Waals surface area contributed by atoms with Crippen molar-refractivity contribution in [1.82, 2.24) is 9.80 Å². The largest absolute Gasteiger partial charge is 0.368 e. The number of benzene rings is 3. The summed E-state index contributed by atoms with van der Waals surface area (Å²) in [6.07, 6.45) is 0. The smallest absolute Gasteiger partial charge is 0.253 e. The van der Waals surface area contributed by atoms with Gasteiger partial charge in [0.15, 0.2) is 0 Å². The molecule has 0 atom stereocenters. The highest BCUT2D eigenvalue weighted by molar-refractivity contribution is 5.95. The van der Waals surface area contributed by atoms with Crippen molar-refractivity contribution in [2.75, 3.05) is 42.9 Å². The molecule has 0 unspecified atom stereocenters. The van der Waals surface area contributed by atoms with Crippen molar-refractivity contribution in [2.45, 2.75) is 27.3 Å². The van der Waals surface area contributed by atoms with E-state index < -0.39 is 0 Å². The Morgan fingerprint density at radius 1 is 0.872 bits per heavy atom. The number of nitrogens with zero attached hydrogens (tertiary/aromatic N) is 3. The number of carbonyl (C=O) groups excluding carboxylic acids is 3. The first kappa shape index (κ1) is 27.8. The van der Waals surface area contributed by atoms with E-state index in [0.717, 1.165) is 29.9 Å². The molecule has 0 radical (unpaired) electrons. The zero-order chi connectivity index (χ0) is 27.9. The Hall–Kier alpha value is -4.20. The van der Waals surface area contributed by atoms with Crippen LogP contribution in [0.4, 0.5) is 15.8 Å². The first-order chi connectivity index (χ1) is 18.7. The van der Waals surface area contributed by atoms with Crippen LogP contribution in [-0.2, 0) is 16.1 Å². The highest BCUT2D eigenvalue weighted by Crippen LogP contribution is 2.21. The van der Waals surface area contributed by atoms with Crippen LogP contribution >= 0.6 is 0 Å². The number of aryl methyl sites for hydroxylation is 1. The van der Waals surface area contributed by atoms with Gasteiger partial charge in [0, 0.05) is 55.6 Å². The molecule has 0 spiro atoms. The van der Waals surface area contributed by atoms with Gasteiger partial charge in [-0.05, 0) is 61.0 Å². The third kappa shape index (κ3) is 7.44. The fourth-order valence-electron chi connectivity index (χ4n) is 4.56. The van der Waals surface area contributed by atoms with Gasteiger partial charge in [0.1, 0.15) is 12.4 Å². The van der Waals surface area contributed by atoms with E-state index in [-0.39, 0.29) is 42.5 Å². The zero-order valence-corrected chi connectivity index (χ0v) is 22.7. The minimum Gasteiger partial charge on any atom is -0.368 e. The molecule has 4 rings (SSSR count). The molecular formula is C31H35FN4O3. The number of hydrogen-bond acceptors (Lipinski definition) is 4. The minimum atomic E-state index is -0.348. The van der Waals surface area contributed by atoms with E-state index in [2.05, 4.69) is 10.2 Å². The highest BCUT2D eigenvalue weighted by atomic mass is 19.1. The summed E-state index contributed by atoms with van der Waals surface area (Å²) in [4.78, 5) is 43.9. The Labute approximate surface area is 229 Å². The van der Waals surface area contributed by atoms with E-state index in [4.69, 9.17) is 0 Å². The Kier molecular flexibility index (Phi) is 8.96. The van der Waals surface area contributed by atoms with E-state index in [0.29, 0.717) is 24.3 Å². The maximum Gasteiger partial charge on any atom is 0.253 e. The van der Waals surface area contributed by atoms with E-state index in [1.165, 1.54) is 17.0 Å². The van der Waals surface area contributed by atoms with Gasteiger partial charge in [0.05, 0.1) is 0 Å². The molecule has 3 aromatic rings. The van der Waals surface area contributed by atoms with E-state index in [1.807, 2.05) is 60.4 Å². The van der Waals surface area contributed by atoms with Gasteiger partial charge in [0.25, 0.3) is 5.91 Å². The minimum absolute atomic E-state index is 0.0529. The molecule has 8 heteroatoms. The van der Waals surface area contributed by atoms with Crippen LogP contribution in [0.1, 0.15) is 35.3 Å². The molecule has 1 heterocycles. The van der Waals surface area contributed by atoms with Crippen molar-refractivity contribution in [2.24, 2.45) is 5.92 Å². The van der Waals surface area contributed by atoms with Crippen molar-refractivity contribution >= 4 is 29.1 Å². The molecule has 3 aromatic carbocycles. The van der Waals surface area contributed by atoms with Crippen LogP contribution < -0.4 is 10.2 Å². The highest BCUT2D eigenvalue weighted by Gasteiger charge is 2.23. The summed E-state index contributed by atoms with van der Waals surface area (Å²) in [5.41, 5.74) is 4.24. The summed E-state index contributed by atoms with van der Waals surface area (Å²) >= 11 is 0. The SMILES string of the molecule is Cc1ccc(C(=O)N2CCN(c3ccc(NC(=O)CN(Cc4ccc(F)cc4)C(=O)C(C)C)cc3)CC2)cc1. The molecule has 0 aliphatic carbocycles. The second-order valence-electron chi connectivity index (χ2n) is 10.2. The molecule has 7 nitrogen and oxygen atoms in total. The van der Waals surface area contributed by atoms with Crippen LogP contribution in [0.2, 0.25) is 0 Å². The van der Waals surface area contributed by atoms with Crippen molar-refractivity contribution < 1.29 is 18.8 Å². The Balaban J connectivity index is 1.31. The van der Waals surface area contributed by atoms with Gasteiger partial charge in [-0.2, -0.15) is 0 Å². The van der Waals surface area contributed by atoms with E-state index in [9.17, 15) is 18.8 Å². The standard InChI is InChI=1S/C31H35FN4O3/c1-22(2)30(38)36(20-24-6-10-26(32)11-7-24)21-29(37)33-27-12-14-28(15-13-27)34-16-18-35(19-17-34)31(39)25-8-4-23(3)5-9-25/h4-15,22H,16-21H2,1-3H3,(H,33,37). The summed E-state index contributed by atoms with van der Waals surface area (Å²) in [5, 5.41) is 2.87. The second kappa shape index (κ2) is 12.6. The normalized spacial score (nSPS) is 13.4. The van der Waals surface area contributed by atoms with E-state index in [1.54, 1.807) is 26.0 Å². The molecule has 1 aliphatic heterocycles. The summed E-state index contributed by atoms with van der Waals surface area (Å²) in [6, 6.07) is 21.1. The molecule has 1 N–H and O–H groups in total. The third-order valence-electron chi connectivity index (χ3n) is 6.81. The lowest BCUT2D eigenvalue weighted by molar-refractivity contribution is -0.138. The molecule has 1 fully saturated rings. The number of rotatable bonds is 8. The van der Waals surface area contributed by atoms with Crippen LogP contribution in [0, 0.1) is 18.7 Å². The lowest BCUT2D eigenvalue weighted by Gasteiger charge is -2.36. The third-order valence-corrected chi connectivity index (χ3v) is 6.81. The Morgan fingerprint density at radius 2 is 1.49 bits per heavy atom. The van der Waals surface area contributed by atoms with Crippen molar-refractivity contribution in [3.05, 3.63) is 95.3 Å². The summed E-state index contributed by atoms with van der Waals surface area (Å²) in [6.45, 7) is 8.41. The summed E-state index contributed by atoms with van der Waals surface area (Å²) < 4.78 is 13.3. The lowest BCUT2D eigenvalue weighted by atomic mass is 10.1. The first-order valence-corrected chi connectivity index (χ1v) is 13.2. The van der Waals surface area contributed by atoms with Crippen molar-refractivity contribution in [3.63, 3.8) is 0 Å².